The van der Waals surface area contributed by atoms with Crippen molar-refractivity contribution in [3.05, 3.63) is 29.8 Å². The van der Waals surface area contributed by atoms with E-state index in [-0.39, 0.29) is 24.3 Å². The van der Waals surface area contributed by atoms with Gasteiger partial charge in [-0.1, -0.05) is 12.1 Å². The molecular weight excluding hydrogens is 408 g/mol. The molecule has 1 atom stereocenters. The smallest absolute Gasteiger partial charge is 0.359 e. The predicted molar refractivity (Wildman–Crippen MR) is 113 cm³/mol. The molecule has 0 radical (unpaired) electrons. The molecule has 0 amide bonds. The number of nitrogens with zero attached hydrogens (tertiary/aromatic N) is 2. The van der Waals surface area contributed by atoms with E-state index in [1.807, 2.05) is 42.3 Å². The highest BCUT2D eigenvalue weighted by Gasteiger charge is 2.26. The summed E-state index contributed by atoms with van der Waals surface area (Å²) in [5, 5.41) is 17.2. The van der Waals surface area contributed by atoms with E-state index in [0.717, 1.165) is 0 Å². The number of rotatable bonds is 9. The van der Waals surface area contributed by atoms with Crippen LogP contribution in [0.1, 0.15) is 23.7 Å². The number of quaternary nitrogens is 2. The standard InChI is InChI=1S/C16H21NO6.C5H11NO2/c1-11(18)22-14-8-6-5-7-13(14)16(21)23-12(9-15(19)20)10-17(2,3)4;1-6(2,3)4-5(7)8/h5-8,12H,9-10H2,1-4H3;4H2,1-3H3/p+2/t12-;/m1./s1. The van der Waals surface area contributed by atoms with Crippen molar-refractivity contribution in [1.82, 2.24) is 0 Å². The molecule has 0 spiro atoms. The quantitative estimate of drug-likeness (QED) is 0.331. The second kappa shape index (κ2) is 12.0. The number of hydrogen-bond acceptors (Lipinski definition) is 6. The Kier molecular flexibility index (Phi) is 10.9. The first-order chi connectivity index (χ1) is 14.0. The molecule has 174 valence electrons. The monoisotopic (exact) mass is 442 g/mol. The highest BCUT2D eigenvalue weighted by molar-refractivity contribution is 5.93. The first kappa shape index (κ1) is 28.0. The largest absolute Gasteiger partial charge is 0.481 e. The predicted octanol–water partition coefficient (Wildman–Crippen LogP) is 1.10. The summed E-state index contributed by atoms with van der Waals surface area (Å²) in [4.78, 5) is 44.4. The van der Waals surface area contributed by atoms with Crippen LogP contribution in [0.2, 0.25) is 0 Å². The summed E-state index contributed by atoms with van der Waals surface area (Å²) in [5.74, 6) is -2.99. The van der Waals surface area contributed by atoms with Gasteiger partial charge in [0.1, 0.15) is 17.9 Å². The second-order valence-electron chi connectivity index (χ2n) is 9.03. The van der Waals surface area contributed by atoms with E-state index < -0.39 is 30.0 Å². The maximum Gasteiger partial charge on any atom is 0.359 e. The van der Waals surface area contributed by atoms with E-state index in [4.69, 9.17) is 19.7 Å². The molecule has 0 bridgehead atoms. The Morgan fingerprint density at radius 2 is 1.45 bits per heavy atom. The van der Waals surface area contributed by atoms with Crippen LogP contribution in [0.15, 0.2) is 24.3 Å². The zero-order chi connectivity index (χ0) is 24.4. The van der Waals surface area contributed by atoms with Crippen LogP contribution < -0.4 is 4.74 Å². The molecule has 0 saturated heterocycles. The van der Waals surface area contributed by atoms with Gasteiger partial charge in [-0.3, -0.25) is 9.59 Å². The van der Waals surface area contributed by atoms with Crippen LogP contribution in [-0.4, -0.2) is 105 Å². The number of ether oxygens (including phenoxy) is 2. The Bertz CT molecular complexity index is 778. The van der Waals surface area contributed by atoms with Gasteiger partial charge in [0.15, 0.2) is 12.6 Å². The van der Waals surface area contributed by atoms with Crippen LogP contribution >= 0.6 is 0 Å². The fraction of sp³-hybridized carbons (Fsp3) is 0.524. The fourth-order valence-corrected chi connectivity index (χ4v) is 2.45. The third kappa shape index (κ3) is 14.6. The molecule has 0 heterocycles. The third-order valence-electron chi connectivity index (χ3n) is 3.40. The number of esters is 2. The van der Waals surface area contributed by atoms with Gasteiger partial charge in [-0.25, -0.2) is 9.59 Å². The van der Waals surface area contributed by atoms with Crippen LogP contribution in [-0.2, 0) is 19.1 Å². The van der Waals surface area contributed by atoms with E-state index >= 15 is 0 Å². The zero-order valence-electron chi connectivity index (χ0n) is 19.2. The second-order valence-corrected chi connectivity index (χ2v) is 9.03. The van der Waals surface area contributed by atoms with Crippen molar-refractivity contribution in [3.8, 4) is 5.75 Å². The van der Waals surface area contributed by atoms with E-state index in [1.54, 1.807) is 12.1 Å². The summed E-state index contributed by atoms with van der Waals surface area (Å²) in [7, 11) is 11.1. The molecule has 31 heavy (non-hydrogen) atoms. The van der Waals surface area contributed by atoms with Gasteiger partial charge < -0.3 is 28.7 Å². The normalized spacial score (nSPS) is 12.1. The summed E-state index contributed by atoms with van der Waals surface area (Å²) in [5.41, 5.74) is 0.0829. The van der Waals surface area contributed by atoms with Crippen LogP contribution in [0.5, 0.6) is 5.75 Å². The van der Waals surface area contributed by atoms with Crippen molar-refractivity contribution in [1.29, 1.82) is 0 Å². The van der Waals surface area contributed by atoms with Crippen LogP contribution in [0.3, 0.4) is 0 Å². The van der Waals surface area contributed by atoms with Crippen molar-refractivity contribution in [2.75, 3.05) is 55.4 Å². The summed E-state index contributed by atoms with van der Waals surface area (Å²) < 4.78 is 11.2. The molecule has 0 aliphatic rings. The van der Waals surface area contributed by atoms with Gasteiger partial charge in [-0.15, -0.1) is 0 Å². The van der Waals surface area contributed by atoms with Crippen molar-refractivity contribution in [2.24, 2.45) is 0 Å². The van der Waals surface area contributed by atoms with Gasteiger partial charge in [0, 0.05) is 6.92 Å². The minimum atomic E-state index is -1.05. The molecule has 0 aliphatic carbocycles. The summed E-state index contributed by atoms with van der Waals surface area (Å²) in [6.07, 6.45) is -1.08. The highest BCUT2D eigenvalue weighted by Crippen LogP contribution is 2.20. The van der Waals surface area contributed by atoms with E-state index in [9.17, 15) is 19.2 Å². The van der Waals surface area contributed by atoms with Gasteiger partial charge in [0.2, 0.25) is 0 Å². The number of likely N-dealkylation sites (N-methyl/N-ethyl adjacent to an activating group) is 2. The van der Waals surface area contributed by atoms with Crippen LogP contribution in [0.25, 0.3) is 0 Å². The molecule has 1 aromatic carbocycles. The number of aliphatic carboxylic acids is 2. The van der Waals surface area contributed by atoms with E-state index in [1.165, 1.54) is 19.1 Å². The number of hydrogen-bond donors (Lipinski definition) is 2. The molecule has 2 N–H and O–H groups in total. The first-order valence-electron chi connectivity index (χ1n) is 9.53. The number of carboxylic acids is 2. The van der Waals surface area contributed by atoms with Gasteiger partial charge in [-0.2, -0.15) is 0 Å². The van der Waals surface area contributed by atoms with Gasteiger partial charge in [0.25, 0.3) is 0 Å². The molecule has 0 saturated carbocycles. The number of benzene rings is 1. The minimum Gasteiger partial charge on any atom is -0.481 e. The zero-order valence-corrected chi connectivity index (χ0v) is 19.2. The van der Waals surface area contributed by atoms with Crippen molar-refractivity contribution < 1.29 is 47.8 Å². The third-order valence-corrected chi connectivity index (χ3v) is 3.40. The Hall–Kier alpha value is -2.98. The summed E-state index contributed by atoms with van der Waals surface area (Å²) in [6, 6.07) is 6.17. The Labute approximate surface area is 182 Å². The lowest BCUT2D eigenvalue weighted by Crippen LogP contribution is -2.43. The lowest BCUT2D eigenvalue weighted by Gasteiger charge is -2.28. The van der Waals surface area contributed by atoms with Crippen LogP contribution in [0, 0.1) is 0 Å². The molecule has 0 unspecified atom stereocenters. The number of carboxylic acid groups (broad SMARTS) is 2. The molecule has 10 nitrogen and oxygen atoms in total. The average Bonchev–Trinajstić information content (AvgIpc) is 2.50. The fourth-order valence-electron chi connectivity index (χ4n) is 2.45. The van der Waals surface area contributed by atoms with Gasteiger partial charge in [-0.05, 0) is 12.1 Å². The molecular formula is C21H34N2O8+2. The van der Waals surface area contributed by atoms with Crippen LogP contribution in [0.4, 0.5) is 0 Å². The number of carbonyl (C=O) groups excluding carboxylic acids is 2. The van der Waals surface area contributed by atoms with Crippen molar-refractivity contribution in [3.63, 3.8) is 0 Å². The molecule has 0 fully saturated rings. The van der Waals surface area contributed by atoms with E-state index in [0.29, 0.717) is 15.5 Å². The average molecular weight is 443 g/mol. The lowest BCUT2D eigenvalue weighted by atomic mass is 10.2. The molecule has 0 aliphatic heterocycles. The van der Waals surface area contributed by atoms with Gasteiger partial charge in [0.05, 0.1) is 48.7 Å². The Morgan fingerprint density at radius 3 is 1.84 bits per heavy atom. The first-order valence-corrected chi connectivity index (χ1v) is 9.53. The topological polar surface area (TPSA) is 127 Å². The Balaban J connectivity index is 0.000000954. The number of carbonyl (C=O) groups is 4. The van der Waals surface area contributed by atoms with Crippen molar-refractivity contribution >= 4 is 23.9 Å². The maximum absolute atomic E-state index is 12.3. The van der Waals surface area contributed by atoms with Gasteiger partial charge >= 0.3 is 23.9 Å². The molecule has 1 aromatic rings. The summed E-state index contributed by atoms with van der Waals surface area (Å²) >= 11 is 0. The number of para-hydroxylation sites is 1. The highest BCUT2D eigenvalue weighted by atomic mass is 16.6. The maximum atomic E-state index is 12.3. The molecule has 1 rings (SSSR count). The molecule has 10 heteroatoms. The van der Waals surface area contributed by atoms with Crippen molar-refractivity contribution in [2.45, 2.75) is 19.4 Å². The lowest BCUT2D eigenvalue weighted by molar-refractivity contribution is -0.873. The SMILES string of the molecule is CC(=O)Oc1ccccc1C(=O)O[C@H](CC(=O)O)C[N+](C)(C)C.C[N+](C)(C)CC(=O)O. The minimum absolute atomic E-state index is 0.0829. The summed E-state index contributed by atoms with van der Waals surface area (Å²) in [6.45, 7) is 1.75. The van der Waals surface area contributed by atoms with E-state index in [2.05, 4.69) is 0 Å². The Morgan fingerprint density at radius 1 is 0.903 bits per heavy atom. The molecule has 0 aromatic heterocycles.